The molecule has 112 valence electrons. The molecular weight excluding hydrogens is 268 g/mol. The maximum absolute atomic E-state index is 12.2. The van der Waals surface area contributed by atoms with Crippen molar-refractivity contribution in [3.05, 3.63) is 35.9 Å². The molecule has 0 spiro atoms. The minimum absolute atomic E-state index is 0.0294. The second-order valence-corrected chi connectivity index (χ2v) is 5.87. The van der Waals surface area contributed by atoms with Crippen molar-refractivity contribution < 1.29 is 14.7 Å². The number of rotatable bonds is 4. The number of hydrogen-bond acceptors (Lipinski definition) is 3. The minimum atomic E-state index is -0.837. The van der Waals surface area contributed by atoms with E-state index in [1.807, 2.05) is 23.1 Å². The van der Waals surface area contributed by atoms with Crippen molar-refractivity contribution in [3.63, 3.8) is 0 Å². The normalized spacial score (nSPS) is 25.6. The number of carboxylic acid groups (broad SMARTS) is 1. The molecule has 1 aromatic rings. The molecule has 1 aliphatic heterocycles. The van der Waals surface area contributed by atoms with E-state index in [0.717, 1.165) is 19.6 Å². The molecule has 2 fully saturated rings. The second-order valence-electron chi connectivity index (χ2n) is 5.87. The number of carbonyl (C=O) groups excluding carboxylic acids is 1. The zero-order valence-corrected chi connectivity index (χ0v) is 11.9. The first-order valence-corrected chi connectivity index (χ1v) is 7.43. The number of amides is 1. The topological polar surface area (TPSA) is 60.9 Å². The summed E-state index contributed by atoms with van der Waals surface area (Å²) in [5.41, 5.74) is 1.28. The van der Waals surface area contributed by atoms with E-state index in [1.54, 1.807) is 0 Å². The van der Waals surface area contributed by atoms with E-state index >= 15 is 0 Å². The van der Waals surface area contributed by atoms with Crippen LogP contribution in [0, 0.1) is 11.8 Å². The summed E-state index contributed by atoms with van der Waals surface area (Å²) < 4.78 is 0. The van der Waals surface area contributed by atoms with Crippen LogP contribution in [0.25, 0.3) is 0 Å². The van der Waals surface area contributed by atoms with Crippen LogP contribution in [0.1, 0.15) is 12.0 Å². The molecule has 1 amide bonds. The zero-order valence-electron chi connectivity index (χ0n) is 11.9. The summed E-state index contributed by atoms with van der Waals surface area (Å²) in [6.45, 7) is 4.02. The summed E-state index contributed by atoms with van der Waals surface area (Å²) in [7, 11) is 0. The Morgan fingerprint density at radius 3 is 2.29 bits per heavy atom. The van der Waals surface area contributed by atoms with Gasteiger partial charge in [-0.05, 0) is 12.0 Å². The lowest BCUT2D eigenvalue weighted by atomic mass is 10.2. The predicted molar refractivity (Wildman–Crippen MR) is 77.5 cm³/mol. The Balaban J connectivity index is 1.47. The summed E-state index contributed by atoms with van der Waals surface area (Å²) in [6, 6.07) is 10.3. The SMILES string of the molecule is O=C(O)C1CC1C(=O)N1CCN(Cc2ccccc2)CC1. The van der Waals surface area contributed by atoms with E-state index < -0.39 is 11.9 Å². The fourth-order valence-electron chi connectivity index (χ4n) is 2.94. The molecule has 1 N–H and O–H groups in total. The highest BCUT2D eigenvalue weighted by Crippen LogP contribution is 2.40. The lowest BCUT2D eigenvalue weighted by molar-refractivity contribution is -0.142. The molecule has 1 aliphatic carbocycles. The van der Waals surface area contributed by atoms with Crippen LogP contribution in [0.2, 0.25) is 0 Å². The number of piperazine rings is 1. The zero-order chi connectivity index (χ0) is 14.8. The fourth-order valence-corrected chi connectivity index (χ4v) is 2.94. The molecule has 2 unspecified atom stereocenters. The standard InChI is InChI=1S/C16H20N2O3/c19-15(13-10-14(13)16(20)21)18-8-6-17(7-9-18)11-12-4-2-1-3-5-12/h1-5,13-14H,6-11H2,(H,20,21). The van der Waals surface area contributed by atoms with Crippen molar-refractivity contribution in [2.24, 2.45) is 11.8 Å². The van der Waals surface area contributed by atoms with Crippen LogP contribution >= 0.6 is 0 Å². The number of carboxylic acids is 1. The molecule has 21 heavy (non-hydrogen) atoms. The molecule has 1 heterocycles. The first-order chi connectivity index (χ1) is 10.1. The molecule has 1 aromatic carbocycles. The van der Waals surface area contributed by atoms with E-state index in [0.29, 0.717) is 19.5 Å². The van der Waals surface area contributed by atoms with E-state index in [1.165, 1.54) is 5.56 Å². The van der Waals surface area contributed by atoms with Gasteiger partial charge in [-0.15, -0.1) is 0 Å². The largest absolute Gasteiger partial charge is 0.481 e. The average molecular weight is 288 g/mol. The van der Waals surface area contributed by atoms with E-state index in [9.17, 15) is 9.59 Å². The maximum Gasteiger partial charge on any atom is 0.307 e. The van der Waals surface area contributed by atoms with Gasteiger partial charge in [0.2, 0.25) is 5.91 Å². The molecule has 5 nitrogen and oxygen atoms in total. The van der Waals surface area contributed by atoms with Crippen molar-refractivity contribution in [2.75, 3.05) is 26.2 Å². The predicted octanol–water partition coefficient (Wildman–Crippen LogP) is 1.05. The molecule has 0 bridgehead atoms. The summed E-state index contributed by atoms with van der Waals surface area (Å²) in [4.78, 5) is 27.2. The third-order valence-electron chi connectivity index (χ3n) is 4.36. The van der Waals surface area contributed by atoms with Crippen LogP contribution < -0.4 is 0 Å². The first-order valence-electron chi connectivity index (χ1n) is 7.43. The summed E-state index contributed by atoms with van der Waals surface area (Å²) in [5, 5.41) is 8.90. The Bertz CT molecular complexity index is 524. The fraction of sp³-hybridized carbons (Fsp3) is 0.500. The number of carbonyl (C=O) groups is 2. The third-order valence-corrected chi connectivity index (χ3v) is 4.36. The van der Waals surface area contributed by atoms with Crippen LogP contribution in [-0.4, -0.2) is 53.0 Å². The average Bonchev–Trinajstić information content (AvgIpc) is 3.29. The van der Waals surface area contributed by atoms with Crippen LogP contribution in [0.4, 0.5) is 0 Å². The molecule has 2 atom stereocenters. The van der Waals surface area contributed by atoms with E-state index in [4.69, 9.17) is 5.11 Å². The number of aliphatic carboxylic acids is 1. The van der Waals surface area contributed by atoms with Gasteiger partial charge in [-0.25, -0.2) is 0 Å². The van der Waals surface area contributed by atoms with Crippen molar-refractivity contribution in [2.45, 2.75) is 13.0 Å². The number of nitrogens with zero attached hydrogens (tertiary/aromatic N) is 2. The maximum atomic E-state index is 12.2. The molecule has 3 rings (SSSR count). The third kappa shape index (κ3) is 3.24. The van der Waals surface area contributed by atoms with E-state index in [-0.39, 0.29) is 11.8 Å². The van der Waals surface area contributed by atoms with E-state index in [2.05, 4.69) is 17.0 Å². The highest BCUT2D eigenvalue weighted by atomic mass is 16.4. The summed E-state index contributed by atoms with van der Waals surface area (Å²) in [6.07, 6.45) is 0.512. The minimum Gasteiger partial charge on any atom is -0.481 e. The number of benzene rings is 1. The van der Waals surface area contributed by atoms with Crippen LogP contribution in [0.3, 0.4) is 0 Å². The quantitative estimate of drug-likeness (QED) is 0.899. The Kier molecular flexibility index (Phi) is 3.92. The molecule has 0 radical (unpaired) electrons. The van der Waals surface area contributed by atoms with Gasteiger partial charge in [-0.3, -0.25) is 14.5 Å². The molecule has 0 aromatic heterocycles. The molecule has 5 heteroatoms. The highest BCUT2D eigenvalue weighted by molar-refractivity contribution is 5.89. The second kappa shape index (κ2) is 5.85. The smallest absolute Gasteiger partial charge is 0.307 e. The van der Waals surface area contributed by atoms with Crippen molar-refractivity contribution in [3.8, 4) is 0 Å². The van der Waals surface area contributed by atoms with Gasteiger partial charge in [0.1, 0.15) is 0 Å². The Hall–Kier alpha value is -1.88. The van der Waals surface area contributed by atoms with Gasteiger partial charge in [-0.1, -0.05) is 30.3 Å². The van der Waals surface area contributed by atoms with Gasteiger partial charge in [0.05, 0.1) is 11.8 Å². The Morgan fingerprint density at radius 2 is 1.71 bits per heavy atom. The highest BCUT2D eigenvalue weighted by Gasteiger charge is 2.49. The van der Waals surface area contributed by atoms with Gasteiger partial charge in [-0.2, -0.15) is 0 Å². The molecule has 1 saturated carbocycles. The van der Waals surface area contributed by atoms with Crippen LogP contribution in [0.5, 0.6) is 0 Å². The van der Waals surface area contributed by atoms with Crippen molar-refractivity contribution in [1.29, 1.82) is 0 Å². The monoisotopic (exact) mass is 288 g/mol. The van der Waals surface area contributed by atoms with Gasteiger partial charge in [0.15, 0.2) is 0 Å². The summed E-state index contributed by atoms with van der Waals surface area (Å²) >= 11 is 0. The van der Waals surface area contributed by atoms with Gasteiger partial charge in [0.25, 0.3) is 0 Å². The Labute approximate surface area is 124 Å². The van der Waals surface area contributed by atoms with Crippen LogP contribution in [-0.2, 0) is 16.1 Å². The molecule has 1 saturated heterocycles. The lowest BCUT2D eigenvalue weighted by Crippen LogP contribution is -2.49. The van der Waals surface area contributed by atoms with Gasteiger partial charge in [0, 0.05) is 32.7 Å². The van der Waals surface area contributed by atoms with Crippen molar-refractivity contribution in [1.82, 2.24) is 9.80 Å². The molecular formula is C16H20N2O3. The van der Waals surface area contributed by atoms with Gasteiger partial charge >= 0.3 is 5.97 Å². The van der Waals surface area contributed by atoms with Crippen LogP contribution in [0.15, 0.2) is 30.3 Å². The summed E-state index contributed by atoms with van der Waals surface area (Å²) in [5.74, 6) is -1.53. The van der Waals surface area contributed by atoms with Gasteiger partial charge < -0.3 is 10.0 Å². The number of hydrogen-bond donors (Lipinski definition) is 1. The lowest BCUT2D eigenvalue weighted by Gasteiger charge is -2.35. The first kappa shape index (κ1) is 14.1. The van der Waals surface area contributed by atoms with Crippen molar-refractivity contribution >= 4 is 11.9 Å². The Morgan fingerprint density at radius 1 is 1.05 bits per heavy atom. The molecule has 2 aliphatic rings.